The van der Waals surface area contributed by atoms with E-state index < -0.39 is 0 Å². The van der Waals surface area contributed by atoms with Crippen LogP contribution in [0.25, 0.3) is 10.2 Å². The molecule has 0 fully saturated rings. The smallest absolute Gasteiger partial charge is 0.258 e. The van der Waals surface area contributed by atoms with Crippen molar-refractivity contribution in [3.63, 3.8) is 0 Å². The zero-order valence-corrected chi connectivity index (χ0v) is 15.8. The van der Waals surface area contributed by atoms with E-state index in [0.29, 0.717) is 0 Å². The first-order chi connectivity index (χ1) is 10.5. The van der Waals surface area contributed by atoms with Crippen molar-refractivity contribution in [1.82, 2.24) is 4.98 Å². The fourth-order valence-corrected chi connectivity index (χ4v) is 5.32. The Kier molecular flexibility index (Phi) is 4.82. The van der Waals surface area contributed by atoms with Crippen molar-refractivity contribution in [3.8, 4) is 0 Å². The molecule has 0 amide bonds. The maximum atomic E-state index is 10.8. The Bertz CT molecular complexity index is 867. The van der Waals surface area contributed by atoms with Crippen molar-refractivity contribution < 1.29 is 4.92 Å². The Morgan fingerprint density at radius 1 is 1.23 bits per heavy atom. The lowest BCUT2D eigenvalue weighted by Crippen LogP contribution is -1.85. The number of rotatable bonds is 4. The Balaban J connectivity index is 1.80. The van der Waals surface area contributed by atoms with E-state index in [9.17, 15) is 10.1 Å². The number of thiazole rings is 1. The molecule has 2 aromatic carbocycles. The van der Waals surface area contributed by atoms with Crippen molar-refractivity contribution in [2.24, 2.45) is 0 Å². The van der Waals surface area contributed by atoms with Gasteiger partial charge in [0.1, 0.15) is 0 Å². The summed E-state index contributed by atoms with van der Waals surface area (Å²) < 4.78 is 3.82. The zero-order chi connectivity index (χ0) is 15.7. The van der Waals surface area contributed by atoms with Gasteiger partial charge < -0.3 is 0 Å². The molecule has 0 radical (unpaired) electrons. The van der Waals surface area contributed by atoms with Gasteiger partial charge in [-0.2, -0.15) is 0 Å². The standard InChI is InChI=1S/C14H8Br2N2O2S2/c15-9-2-1-8(11(16)5-9)7-21-14-17-12-4-3-10(18(19)20)6-13(12)22-14/h1-6H,7H2. The molecule has 4 nitrogen and oxygen atoms in total. The van der Waals surface area contributed by atoms with Gasteiger partial charge in [-0.1, -0.05) is 49.7 Å². The summed E-state index contributed by atoms with van der Waals surface area (Å²) in [5.41, 5.74) is 2.08. The highest BCUT2D eigenvalue weighted by Gasteiger charge is 2.11. The van der Waals surface area contributed by atoms with Crippen LogP contribution < -0.4 is 0 Å². The normalized spacial score (nSPS) is 11.0. The van der Waals surface area contributed by atoms with Gasteiger partial charge >= 0.3 is 0 Å². The fraction of sp³-hybridized carbons (Fsp3) is 0.0714. The van der Waals surface area contributed by atoms with Crippen molar-refractivity contribution in [2.75, 3.05) is 0 Å². The van der Waals surface area contributed by atoms with Gasteiger partial charge in [-0.25, -0.2) is 4.98 Å². The molecule has 3 rings (SSSR count). The molecule has 0 aliphatic carbocycles. The molecule has 0 aliphatic rings. The summed E-state index contributed by atoms with van der Waals surface area (Å²) in [6.45, 7) is 0. The van der Waals surface area contributed by atoms with Crippen molar-refractivity contribution in [2.45, 2.75) is 10.1 Å². The molecular weight excluding hydrogens is 452 g/mol. The van der Waals surface area contributed by atoms with Gasteiger partial charge in [0.25, 0.3) is 5.69 Å². The monoisotopic (exact) mass is 458 g/mol. The molecule has 8 heteroatoms. The summed E-state index contributed by atoms with van der Waals surface area (Å²) in [7, 11) is 0. The fourth-order valence-electron chi connectivity index (χ4n) is 1.85. The van der Waals surface area contributed by atoms with Crippen LogP contribution in [-0.2, 0) is 5.75 Å². The van der Waals surface area contributed by atoms with Crippen LogP contribution in [0.5, 0.6) is 0 Å². The molecule has 3 aromatic rings. The van der Waals surface area contributed by atoms with E-state index in [2.05, 4.69) is 42.9 Å². The number of non-ortho nitro benzene ring substituents is 1. The van der Waals surface area contributed by atoms with Crippen LogP contribution in [0.15, 0.2) is 49.7 Å². The van der Waals surface area contributed by atoms with E-state index in [1.165, 1.54) is 23.0 Å². The lowest BCUT2D eigenvalue weighted by molar-refractivity contribution is -0.384. The number of thioether (sulfide) groups is 1. The van der Waals surface area contributed by atoms with Crippen LogP contribution in [0.3, 0.4) is 0 Å². The summed E-state index contributed by atoms with van der Waals surface area (Å²) in [6, 6.07) is 10.8. The second-order valence-corrected chi connectivity index (χ2v) is 8.44. The number of halogens is 2. The van der Waals surface area contributed by atoms with Crippen LogP contribution in [0, 0.1) is 10.1 Å². The predicted octanol–water partition coefficient (Wildman–Crippen LogP) is 6.02. The molecule has 112 valence electrons. The van der Waals surface area contributed by atoms with E-state index in [1.807, 2.05) is 12.1 Å². The van der Waals surface area contributed by atoms with Gasteiger partial charge in [0.05, 0.1) is 15.1 Å². The lowest BCUT2D eigenvalue weighted by Gasteiger charge is -2.03. The first-order valence-corrected chi connectivity index (χ1v) is 9.53. The van der Waals surface area contributed by atoms with E-state index in [-0.39, 0.29) is 10.6 Å². The average Bonchev–Trinajstić information content (AvgIpc) is 2.88. The number of nitro groups is 1. The van der Waals surface area contributed by atoms with E-state index in [0.717, 1.165) is 29.3 Å². The highest BCUT2D eigenvalue weighted by Crippen LogP contribution is 2.34. The van der Waals surface area contributed by atoms with Gasteiger partial charge in [0.2, 0.25) is 0 Å². The summed E-state index contributed by atoms with van der Waals surface area (Å²) in [5.74, 6) is 0.787. The number of hydrogen-bond acceptors (Lipinski definition) is 5. The first-order valence-electron chi connectivity index (χ1n) is 6.14. The Morgan fingerprint density at radius 2 is 2.05 bits per heavy atom. The zero-order valence-electron chi connectivity index (χ0n) is 11.0. The quantitative estimate of drug-likeness (QED) is 0.272. The highest BCUT2D eigenvalue weighted by atomic mass is 79.9. The van der Waals surface area contributed by atoms with Crippen molar-refractivity contribution >= 4 is 70.9 Å². The highest BCUT2D eigenvalue weighted by molar-refractivity contribution is 9.11. The average molecular weight is 460 g/mol. The topological polar surface area (TPSA) is 56.0 Å². The Hall–Kier alpha value is -0.960. The number of aromatic nitrogens is 1. The molecule has 0 bridgehead atoms. The maximum Gasteiger partial charge on any atom is 0.270 e. The summed E-state index contributed by atoms with van der Waals surface area (Å²) in [6.07, 6.45) is 0. The minimum absolute atomic E-state index is 0.100. The molecule has 0 spiro atoms. The molecule has 22 heavy (non-hydrogen) atoms. The number of hydrogen-bond donors (Lipinski definition) is 0. The summed E-state index contributed by atoms with van der Waals surface area (Å²) in [4.78, 5) is 14.9. The maximum absolute atomic E-state index is 10.8. The molecule has 0 N–H and O–H groups in total. The molecule has 0 aliphatic heterocycles. The molecule has 1 heterocycles. The number of nitro benzene ring substituents is 1. The first kappa shape index (κ1) is 15.9. The molecular formula is C14H8Br2N2O2S2. The predicted molar refractivity (Wildman–Crippen MR) is 97.7 cm³/mol. The molecule has 0 atom stereocenters. The van der Waals surface area contributed by atoms with Gasteiger partial charge in [-0.15, -0.1) is 11.3 Å². The third-order valence-corrected chi connectivity index (χ3v) is 6.37. The van der Waals surface area contributed by atoms with Crippen molar-refractivity contribution in [1.29, 1.82) is 0 Å². The molecule has 0 saturated carbocycles. The van der Waals surface area contributed by atoms with Crippen LogP contribution in [-0.4, -0.2) is 9.91 Å². The SMILES string of the molecule is O=[N+]([O-])c1ccc2nc(SCc3ccc(Br)cc3Br)sc2c1. The van der Waals surface area contributed by atoms with E-state index in [1.54, 1.807) is 23.9 Å². The molecule has 0 saturated heterocycles. The van der Waals surface area contributed by atoms with Crippen molar-refractivity contribution in [3.05, 3.63) is 61.0 Å². The second kappa shape index (κ2) is 6.66. The van der Waals surface area contributed by atoms with Crippen LogP contribution in [0.1, 0.15) is 5.56 Å². The number of nitrogens with zero attached hydrogens (tertiary/aromatic N) is 2. The van der Waals surface area contributed by atoms with Crippen LogP contribution in [0.4, 0.5) is 5.69 Å². The third kappa shape index (κ3) is 3.51. The van der Waals surface area contributed by atoms with Crippen LogP contribution >= 0.6 is 55.0 Å². The van der Waals surface area contributed by atoms with Gasteiger partial charge in [0.15, 0.2) is 4.34 Å². The minimum Gasteiger partial charge on any atom is -0.258 e. The van der Waals surface area contributed by atoms with Gasteiger partial charge in [-0.3, -0.25) is 10.1 Å². The van der Waals surface area contributed by atoms with Crippen LogP contribution in [0.2, 0.25) is 0 Å². The van der Waals surface area contributed by atoms with Gasteiger partial charge in [0, 0.05) is 26.8 Å². The third-order valence-electron chi connectivity index (χ3n) is 2.93. The second-order valence-electron chi connectivity index (χ2n) is 4.41. The minimum atomic E-state index is -0.384. The van der Waals surface area contributed by atoms with E-state index in [4.69, 9.17) is 0 Å². The van der Waals surface area contributed by atoms with E-state index >= 15 is 0 Å². The molecule has 0 unspecified atom stereocenters. The Morgan fingerprint density at radius 3 is 2.77 bits per heavy atom. The largest absolute Gasteiger partial charge is 0.270 e. The molecule has 1 aromatic heterocycles. The number of fused-ring (bicyclic) bond motifs is 1. The lowest BCUT2D eigenvalue weighted by atomic mass is 10.2. The summed E-state index contributed by atoms with van der Waals surface area (Å²) >= 11 is 10.1. The number of benzene rings is 2. The Labute approximate surface area is 151 Å². The summed E-state index contributed by atoms with van der Waals surface area (Å²) in [5, 5.41) is 10.8. The van der Waals surface area contributed by atoms with Gasteiger partial charge in [-0.05, 0) is 23.8 Å².